The average molecular weight is 337 g/mol. The number of benzene rings is 2. The van der Waals surface area contributed by atoms with Crippen LogP contribution in [0, 0.1) is 10.4 Å². The van der Waals surface area contributed by atoms with E-state index in [0.717, 1.165) is 24.5 Å². The molecule has 0 aliphatic heterocycles. The van der Waals surface area contributed by atoms with Crippen LogP contribution in [0.5, 0.6) is 11.5 Å². The molecule has 0 unspecified atom stereocenters. The first-order chi connectivity index (χ1) is 11.2. The maximum atomic E-state index is 9.58. The Labute approximate surface area is 138 Å². The number of rotatable bonds is 5. The topological polar surface area (TPSA) is 79.8 Å². The zero-order chi connectivity index (χ0) is 16.7. The molecule has 0 fully saturated rings. The summed E-state index contributed by atoms with van der Waals surface area (Å²) in [6.45, 7) is 0.725. The highest BCUT2D eigenvalue weighted by atomic mass is 35.5. The summed E-state index contributed by atoms with van der Waals surface area (Å²) in [4.78, 5) is 11.2. The Hall–Kier alpha value is -2.44. The number of halogens is 1. The molecule has 0 aromatic heterocycles. The Balaban J connectivity index is 0.000000277. The molecule has 122 valence electrons. The minimum atomic E-state index is -0.836. The maximum absolute atomic E-state index is 9.58. The van der Waals surface area contributed by atoms with E-state index in [1.807, 2.05) is 12.1 Å². The number of carbonyl (C=O) groups is 1. The molecular weight excluding hydrogens is 320 g/mol. The van der Waals surface area contributed by atoms with E-state index in [4.69, 9.17) is 14.7 Å². The lowest BCUT2D eigenvalue weighted by atomic mass is 10.1. The van der Waals surface area contributed by atoms with Gasteiger partial charge < -0.3 is 9.47 Å². The zero-order valence-corrected chi connectivity index (χ0v) is 13.3. The highest BCUT2D eigenvalue weighted by molar-refractivity contribution is 6.20. The van der Waals surface area contributed by atoms with Gasteiger partial charge >= 0.3 is 6.03 Å². The number of carbonyl (C=O) groups excluding carboxylic acids is 1. The monoisotopic (exact) mass is 336 g/mol. The molecule has 1 aromatic rings. The highest BCUT2D eigenvalue weighted by Gasteiger charge is 2.06. The Morgan fingerprint density at radius 2 is 1.96 bits per heavy atom. The fourth-order valence-corrected chi connectivity index (χ4v) is 2.01. The molecule has 3 N–H and O–H groups in total. The van der Waals surface area contributed by atoms with E-state index in [-0.39, 0.29) is 0 Å². The molecule has 6 nitrogen and oxygen atoms in total. The summed E-state index contributed by atoms with van der Waals surface area (Å²) in [6.07, 6.45) is 0.924. The first-order valence-electron chi connectivity index (χ1n) is 6.88. The van der Waals surface area contributed by atoms with Crippen molar-refractivity contribution in [1.82, 2.24) is 10.3 Å². The molecule has 2 amide bonds. The standard InChI is InChI=1S/C15H14O2.CH3ClN2O2/c1-16-13-5-2-11(3-6-13)8-9-17-15-10-12-4-7-14(12)15;2-3-1(5)4-6/h2-7,10H,8-9H2,1H3;6H,(H2,3,4,5). The van der Waals surface area contributed by atoms with Gasteiger partial charge in [0.1, 0.15) is 11.5 Å². The molecule has 0 saturated heterocycles. The second kappa shape index (κ2) is 8.26. The van der Waals surface area contributed by atoms with Crippen molar-refractivity contribution in [2.24, 2.45) is 0 Å². The van der Waals surface area contributed by atoms with Gasteiger partial charge in [0.2, 0.25) is 0 Å². The van der Waals surface area contributed by atoms with Gasteiger partial charge in [-0.15, -0.1) is 0 Å². The van der Waals surface area contributed by atoms with Crippen LogP contribution in [0.1, 0.15) is 5.56 Å². The molecule has 3 rings (SSSR count). The number of urea groups is 1. The third-order valence-corrected chi connectivity index (χ3v) is 3.46. The molecule has 2 aliphatic rings. The molecule has 0 heterocycles. The molecule has 0 bridgehead atoms. The molecule has 0 saturated carbocycles. The number of hydroxylamine groups is 1. The molecule has 2 aliphatic carbocycles. The summed E-state index contributed by atoms with van der Waals surface area (Å²) in [6, 6.07) is 13.6. The third-order valence-electron chi connectivity index (χ3n) is 3.29. The van der Waals surface area contributed by atoms with Gasteiger partial charge in [-0.1, -0.05) is 24.3 Å². The van der Waals surface area contributed by atoms with Crippen molar-refractivity contribution in [3.63, 3.8) is 0 Å². The van der Waals surface area contributed by atoms with E-state index >= 15 is 0 Å². The van der Waals surface area contributed by atoms with Crippen LogP contribution in [0.2, 0.25) is 0 Å². The van der Waals surface area contributed by atoms with Crippen LogP contribution in [0.15, 0.2) is 42.5 Å². The summed E-state index contributed by atoms with van der Waals surface area (Å²) in [7, 11) is 1.68. The summed E-state index contributed by atoms with van der Waals surface area (Å²) in [5.41, 5.74) is 2.50. The lowest BCUT2D eigenvalue weighted by molar-refractivity contribution is 0.166. The predicted molar refractivity (Wildman–Crippen MR) is 85.6 cm³/mol. The van der Waals surface area contributed by atoms with Gasteiger partial charge in [-0.3, -0.25) is 5.21 Å². The molecule has 1 aromatic carbocycles. The van der Waals surface area contributed by atoms with Gasteiger partial charge in [0.25, 0.3) is 0 Å². The number of amides is 2. The van der Waals surface area contributed by atoms with E-state index in [0.29, 0.717) is 0 Å². The Morgan fingerprint density at radius 3 is 2.35 bits per heavy atom. The highest BCUT2D eigenvalue weighted by Crippen LogP contribution is 2.24. The van der Waals surface area contributed by atoms with E-state index in [1.54, 1.807) is 11.9 Å². The van der Waals surface area contributed by atoms with Crippen molar-refractivity contribution in [2.45, 2.75) is 6.42 Å². The van der Waals surface area contributed by atoms with Crippen molar-refractivity contribution >= 4 is 17.8 Å². The smallest absolute Gasteiger partial charge is 0.353 e. The van der Waals surface area contributed by atoms with Crippen LogP contribution in [-0.2, 0) is 6.42 Å². The van der Waals surface area contributed by atoms with Crippen molar-refractivity contribution in [3.8, 4) is 11.5 Å². The number of hydrogen-bond acceptors (Lipinski definition) is 4. The molecule has 0 spiro atoms. The van der Waals surface area contributed by atoms with Gasteiger partial charge in [-0.2, -0.15) is 0 Å². The van der Waals surface area contributed by atoms with Gasteiger partial charge in [0.15, 0.2) is 0 Å². The summed E-state index contributed by atoms with van der Waals surface area (Å²) >= 11 is 4.63. The second-order valence-electron chi connectivity index (χ2n) is 4.69. The molecule has 23 heavy (non-hydrogen) atoms. The molecule has 7 heteroatoms. The van der Waals surface area contributed by atoms with Gasteiger partial charge in [-0.25, -0.2) is 15.1 Å². The first-order valence-corrected chi connectivity index (χ1v) is 7.26. The molecular formula is C16H17ClN2O4. The maximum Gasteiger partial charge on any atom is 0.353 e. The van der Waals surface area contributed by atoms with Crippen LogP contribution in [0.4, 0.5) is 4.79 Å². The lowest BCUT2D eigenvalue weighted by Gasteiger charge is -2.13. The van der Waals surface area contributed by atoms with E-state index in [1.165, 1.54) is 21.5 Å². The fourth-order valence-electron chi connectivity index (χ4n) is 1.97. The zero-order valence-electron chi connectivity index (χ0n) is 12.5. The quantitative estimate of drug-likeness (QED) is 0.380. The normalized spacial score (nSPS) is 10.0. The van der Waals surface area contributed by atoms with E-state index < -0.39 is 6.03 Å². The number of methoxy groups -OCH3 is 1. The minimum Gasteiger partial charge on any atom is -0.497 e. The summed E-state index contributed by atoms with van der Waals surface area (Å²) < 4.78 is 10.8. The summed E-state index contributed by atoms with van der Waals surface area (Å²) in [5.74, 6) is 1.93. The fraction of sp³-hybridized carbons (Fsp3) is 0.188. The van der Waals surface area contributed by atoms with Crippen molar-refractivity contribution < 1.29 is 19.5 Å². The van der Waals surface area contributed by atoms with Crippen LogP contribution < -0.4 is 19.8 Å². The number of ether oxygens (including phenoxy) is 2. The SMILES string of the molecule is COc1ccc(CCOc2cc3ccc2=3)cc1.O=C(NO)NCl. The van der Waals surface area contributed by atoms with E-state index in [9.17, 15) is 4.79 Å². The predicted octanol–water partition coefficient (Wildman–Crippen LogP) is 2.75. The van der Waals surface area contributed by atoms with Crippen molar-refractivity contribution in [2.75, 3.05) is 13.7 Å². The number of nitrogens with one attached hydrogen (secondary N) is 2. The van der Waals surface area contributed by atoms with Gasteiger partial charge in [0.05, 0.1) is 13.7 Å². The largest absolute Gasteiger partial charge is 0.497 e. The van der Waals surface area contributed by atoms with Crippen LogP contribution in [0.25, 0.3) is 0 Å². The Bertz CT molecular complexity index is 744. The first kappa shape index (κ1) is 16.9. The minimum absolute atomic E-state index is 0.725. The average Bonchev–Trinajstić information content (AvgIpc) is 2.59. The molecule has 0 radical (unpaired) electrons. The van der Waals surface area contributed by atoms with Crippen molar-refractivity contribution in [1.29, 1.82) is 0 Å². The lowest BCUT2D eigenvalue weighted by Crippen LogP contribution is -2.25. The van der Waals surface area contributed by atoms with Crippen LogP contribution in [-0.4, -0.2) is 25.0 Å². The number of hydrogen-bond donors (Lipinski definition) is 3. The van der Waals surface area contributed by atoms with Crippen LogP contribution in [0.3, 0.4) is 0 Å². The second-order valence-corrected chi connectivity index (χ2v) is 4.88. The third kappa shape index (κ3) is 4.51. The van der Waals surface area contributed by atoms with Gasteiger partial charge in [-0.05, 0) is 29.0 Å². The van der Waals surface area contributed by atoms with E-state index in [2.05, 4.69) is 42.1 Å². The van der Waals surface area contributed by atoms with Crippen molar-refractivity contribution in [3.05, 3.63) is 58.5 Å². The summed E-state index contributed by atoms with van der Waals surface area (Å²) in [5, 5.41) is 10.2. The van der Waals surface area contributed by atoms with Gasteiger partial charge in [0, 0.05) is 23.4 Å². The Kier molecular flexibility index (Phi) is 6.08. The molecule has 0 atom stereocenters. The Morgan fingerprint density at radius 1 is 1.22 bits per heavy atom. The van der Waals surface area contributed by atoms with Crippen LogP contribution >= 0.6 is 11.8 Å².